The van der Waals surface area contributed by atoms with E-state index in [1.807, 2.05) is 62.3 Å². The third-order valence-electron chi connectivity index (χ3n) is 23.8. The van der Waals surface area contributed by atoms with Crippen LogP contribution in [-0.4, -0.2) is 93.3 Å². The maximum Gasteiger partial charge on any atom is 0.311 e. The van der Waals surface area contributed by atoms with Gasteiger partial charge in [0.05, 0.1) is 52.8 Å². The van der Waals surface area contributed by atoms with Crippen LogP contribution in [0.2, 0.25) is 0 Å². The Morgan fingerprint density at radius 3 is 1.18 bits per heavy atom. The smallest absolute Gasteiger partial charge is 0.311 e. The zero-order chi connectivity index (χ0) is 59.9. The van der Waals surface area contributed by atoms with Crippen molar-refractivity contribution in [3.63, 3.8) is 0 Å². The third-order valence-corrected chi connectivity index (χ3v) is 23.8. The normalized spacial score (nSPS) is 35.1. The molecule has 476 valence electrons. The summed E-state index contributed by atoms with van der Waals surface area (Å²) in [5.41, 5.74) is -1.27. The Bertz CT molecular complexity index is 2210. The molecule has 11 aliphatic rings. The average molecular weight is 1180 g/mol. The monoisotopic (exact) mass is 1180 g/mol. The van der Waals surface area contributed by atoms with Gasteiger partial charge in [-0.05, 0) is 229 Å². The van der Waals surface area contributed by atoms with Crippen molar-refractivity contribution < 1.29 is 71.4 Å². The minimum Gasteiger partial charge on any atom is -0.462 e. The second-order valence-electron chi connectivity index (χ2n) is 30.2. The average Bonchev–Trinajstić information content (AvgIpc) is 1.67. The highest BCUT2D eigenvalue weighted by Gasteiger charge is 2.67. The molecule has 11 saturated carbocycles. The first kappa shape index (κ1) is 65.2. The van der Waals surface area contributed by atoms with Gasteiger partial charge in [-0.2, -0.15) is 0 Å². The molecular weight excluding hydrogens is 1070 g/mol. The SMILES string of the molecule is CCC(C)(C)C(=O)OC1CC2CC1C1C3CC(C(=O)OCOC4CCCCC4)C(C3)C21.CCC(C)(C)C(=O)OC1CC2CC1CC2C(=O)OCOC1CCCCC1.CCC(C)(C)C(=O)OC1CC2CC1CC2C(=O)OCOCC1CCCCC1. The molecule has 15 nitrogen and oxygen atoms in total. The van der Waals surface area contributed by atoms with E-state index in [-0.39, 0.29) is 116 Å². The van der Waals surface area contributed by atoms with Crippen LogP contribution < -0.4 is 0 Å². The quantitative estimate of drug-likeness (QED) is 0.0327. The predicted octanol–water partition coefficient (Wildman–Crippen LogP) is 13.8. The van der Waals surface area contributed by atoms with Crippen molar-refractivity contribution in [1.29, 1.82) is 0 Å². The van der Waals surface area contributed by atoms with Crippen molar-refractivity contribution in [1.82, 2.24) is 0 Å². The number of fused-ring (bicyclic) bond motifs is 13. The predicted molar refractivity (Wildman–Crippen MR) is 315 cm³/mol. The Labute approximate surface area is 503 Å². The Morgan fingerprint density at radius 1 is 0.369 bits per heavy atom. The number of carbonyl (C=O) groups excluding carboxylic acids is 6. The molecule has 0 aromatic carbocycles. The summed E-state index contributed by atoms with van der Waals surface area (Å²) in [5, 5.41) is 0. The first-order valence-corrected chi connectivity index (χ1v) is 34.1. The van der Waals surface area contributed by atoms with Crippen molar-refractivity contribution in [2.24, 2.45) is 99.1 Å². The van der Waals surface area contributed by atoms with Gasteiger partial charge in [-0.25, -0.2) is 0 Å². The lowest BCUT2D eigenvalue weighted by molar-refractivity contribution is -0.173. The van der Waals surface area contributed by atoms with Crippen molar-refractivity contribution in [2.75, 3.05) is 27.0 Å². The maximum atomic E-state index is 12.9. The molecular formula is C69H110O15. The maximum absolute atomic E-state index is 12.9. The van der Waals surface area contributed by atoms with Crippen LogP contribution in [0.5, 0.6) is 0 Å². The van der Waals surface area contributed by atoms with Gasteiger partial charge in [0.1, 0.15) is 18.3 Å². The van der Waals surface area contributed by atoms with Gasteiger partial charge in [0.25, 0.3) is 0 Å². The van der Waals surface area contributed by atoms with Crippen molar-refractivity contribution in [3.05, 3.63) is 0 Å². The van der Waals surface area contributed by atoms with Gasteiger partial charge in [0.15, 0.2) is 20.4 Å². The Morgan fingerprint density at radius 2 is 0.738 bits per heavy atom. The Hall–Kier alpha value is -3.30. The van der Waals surface area contributed by atoms with E-state index in [1.54, 1.807) is 0 Å². The number of ether oxygens (including phenoxy) is 9. The number of esters is 6. The summed E-state index contributed by atoms with van der Waals surface area (Å²) in [5.74, 6) is 4.65. The molecule has 15 heteroatoms. The number of hydrogen-bond acceptors (Lipinski definition) is 15. The zero-order valence-corrected chi connectivity index (χ0v) is 53.2. The highest BCUT2D eigenvalue weighted by atomic mass is 16.7. The molecule has 0 amide bonds. The van der Waals surface area contributed by atoms with E-state index in [4.69, 9.17) is 42.6 Å². The number of carbonyl (C=O) groups is 6. The van der Waals surface area contributed by atoms with Crippen LogP contribution in [0, 0.1) is 99.1 Å². The number of hydrogen-bond donors (Lipinski definition) is 0. The topological polar surface area (TPSA) is 185 Å². The van der Waals surface area contributed by atoms with Gasteiger partial charge in [-0.1, -0.05) is 78.6 Å². The van der Waals surface area contributed by atoms with Gasteiger partial charge < -0.3 is 42.6 Å². The van der Waals surface area contributed by atoms with Crippen LogP contribution in [-0.2, 0) is 71.4 Å². The molecule has 16 unspecified atom stereocenters. The van der Waals surface area contributed by atoms with Gasteiger partial charge in [0.2, 0.25) is 0 Å². The van der Waals surface area contributed by atoms with Crippen molar-refractivity contribution in [3.8, 4) is 0 Å². The first-order valence-electron chi connectivity index (χ1n) is 34.1. The molecule has 11 rings (SSSR count). The lowest BCUT2D eigenvalue weighted by Crippen LogP contribution is -2.42. The standard InChI is InChI=1S/C26H40O5.C22H36O5.C21H34O5/c1-4-26(2,3)25(28)31-21-13-16-12-20(21)23-15-10-18(22(16)23)19(11-15)24(27)30-14-29-17-8-6-5-7-9-17;1-4-22(2,3)21(24)27-19-12-16-10-17(19)11-18(16)20(23)26-14-25-13-15-8-6-5-7-9-15;1-4-21(2,3)20(23)26-18-12-14-10-15(18)11-17(14)19(22)25-13-24-16-8-6-5-7-9-16/h15-23H,4-14H2,1-3H3;15-19H,4-14H2,1-3H3;14-18H,4-13H2,1-3H3. The van der Waals surface area contributed by atoms with Crippen molar-refractivity contribution in [2.45, 2.75) is 273 Å². The second kappa shape index (κ2) is 28.9. The fourth-order valence-electron chi connectivity index (χ4n) is 17.4. The third kappa shape index (κ3) is 15.6. The lowest BCUT2D eigenvalue weighted by atomic mass is 9.67. The first-order chi connectivity index (χ1) is 40.2. The van der Waals surface area contributed by atoms with Crippen LogP contribution in [0.25, 0.3) is 0 Å². The molecule has 11 aliphatic carbocycles. The molecule has 16 atom stereocenters. The molecule has 0 spiro atoms. The van der Waals surface area contributed by atoms with E-state index in [1.165, 1.54) is 77.0 Å². The molecule has 0 N–H and O–H groups in total. The summed E-state index contributed by atoms with van der Waals surface area (Å²) in [6.07, 6.45) is 30.4. The summed E-state index contributed by atoms with van der Waals surface area (Å²) in [7, 11) is 0. The van der Waals surface area contributed by atoms with E-state index in [0.29, 0.717) is 59.9 Å². The summed E-state index contributed by atoms with van der Waals surface area (Å²) >= 11 is 0. The largest absolute Gasteiger partial charge is 0.462 e. The van der Waals surface area contributed by atoms with E-state index in [9.17, 15) is 28.8 Å². The molecule has 0 aliphatic heterocycles. The molecule has 0 saturated heterocycles. The minimum atomic E-state index is -0.435. The zero-order valence-electron chi connectivity index (χ0n) is 53.2. The van der Waals surface area contributed by atoms with Crippen LogP contribution in [0.15, 0.2) is 0 Å². The Kier molecular flexibility index (Phi) is 22.4. The number of rotatable bonds is 22. The van der Waals surface area contributed by atoms with E-state index < -0.39 is 16.2 Å². The van der Waals surface area contributed by atoms with Crippen LogP contribution >= 0.6 is 0 Å². The highest BCUT2D eigenvalue weighted by molar-refractivity contribution is 5.78. The van der Waals surface area contributed by atoms with Crippen LogP contribution in [0.4, 0.5) is 0 Å². The molecule has 11 fully saturated rings. The minimum absolute atomic E-state index is 0.0270. The molecule has 0 heterocycles. The van der Waals surface area contributed by atoms with Crippen LogP contribution in [0.3, 0.4) is 0 Å². The summed E-state index contributed by atoms with van der Waals surface area (Å²) in [4.78, 5) is 74.9. The summed E-state index contributed by atoms with van der Waals surface area (Å²) in [6.45, 7) is 18.7. The molecule has 8 bridgehead atoms. The summed E-state index contributed by atoms with van der Waals surface area (Å²) < 4.78 is 51.1. The second-order valence-corrected chi connectivity index (χ2v) is 30.2. The fraction of sp³-hybridized carbons (Fsp3) is 0.913. The van der Waals surface area contributed by atoms with E-state index >= 15 is 0 Å². The van der Waals surface area contributed by atoms with Crippen molar-refractivity contribution >= 4 is 35.8 Å². The van der Waals surface area contributed by atoms with Gasteiger partial charge in [-0.15, -0.1) is 0 Å². The Balaban J connectivity index is 0.000000152. The summed E-state index contributed by atoms with van der Waals surface area (Å²) in [6, 6.07) is 0. The molecule has 0 aromatic rings. The van der Waals surface area contributed by atoms with E-state index in [2.05, 4.69) is 0 Å². The lowest BCUT2D eigenvalue weighted by Gasteiger charge is -2.41. The van der Waals surface area contributed by atoms with Gasteiger partial charge in [0, 0.05) is 0 Å². The van der Waals surface area contributed by atoms with Gasteiger partial charge in [-0.3, -0.25) is 28.8 Å². The molecule has 84 heavy (non-hydrogen) atoms. The molecule has 0 radical (unpaired) electrons. The molecule has 0 aromatic heterocycles. The fourth-order valence-corrected chi connectivity index (χ4v) is 17.4. The van der Waals surface area contributed by atoms with Gasteiger partial charge >= 0.3 is 35.8 Å². The van der Waals surface area contributed by atoms with E-state index in [0.717, 1.165) is 103 Å². The van der Waals surface area contributed by atoms with Crippen LogP contribution in [0.1, 0.15) is 242 Å². The highest BCUT2D eigenvalue weighted by Crippen LogP contribution is 2.69.